The van der Waals surface area contributed by atoms with Gasteiger partial charge in [0.05, 0.1) is 22.5 Å². The number of benzene rings is 2. The van der Waals surface area contributed by atoms with Gasteiger partial charge in [-0.05, 0) is 42.3 Å². The molecule has 21 heavy (non-hydrogen) atoms. The maximum atomic E-state index is 12.9. The van der Waals surface area contributed by atoms with Gasteiger partial charge in [-0.2, -0.15) is 0 Å². The summed E-state index contributed by atoms with van der Waals surface area (Å²) in [7, 11) is 0. The van der Waals surface area contributed by atoms with E-state index in [0.29, 0.717) is 10.0 Å². The van der Waals surface area contributed by atoms with E-state index in [4.69, 9.17) is 23.2 Å². The molecule has 1 amide bonds. The zero-order valence-electron chi connectivity index (χ0n) is 11.4. The van der Waals surface area contributed by atoms with Gasteiger partial charge < -0.3 is 5.32 Å². The van der Waals surface area contributed by atoms with Crippen LogP contribution >= 0.6 is 23.2 Å². The quantitative estimate of drug-likeness (QED) is 0.877. The highest BCUT2D eigenvalue weighted by Crippen LogP contribution is 2.23. The van der Waals surface area contributed by atoms with E-state index < -0.39 is 0 Å². The molecule has 0 aliphatic heterocycles. The molecule has 5 heteroatoms. The molecule has 110 valence electrons. The Morgan fingerprint density at radius 3 is 2.43 bits per heavy atom. The van der Waals surface area contributed by atoms with Crippen molar-refractivity contribution >= 4 is 29.1 Å². The average molecular weight is 326 g/mol. The molecule has 0 fully saturated rings. The van der Waals surface area contributed by atoms with Crippen molar-refractivity contribution in [1.82, 2.24) is 5.32 Å². The number of halogens is 3. The largest absolute Gasteiger partial charge is 0.349 e. The number of hydrogen-bond acceptors (Lipinski definition) is 1. The van der Waals surface area contributed by atoms with Gasteiger partial charge in [0.1, 0.15) is 5.82 Å². The van der Waals surface area contributed by atoms with Gasteiger partial charge in [-0.15, -0.1) is 0 Å². The van der Waals surface area contributed by atoms with Gasteiger partial charge in [-0.1, -0.05) is 41.4 Å². The molecule has 0 radical (unpaired) electrons. The summed E-state index contributed by atoms with van der Waals surface area (Å²) in [4.78, 5) is 12.0. The van der Waals surface area contributed by atoms with Crippen molar-refractivity contribution < 1.29 is 9.18 Å². The van der Waals surface area contributed by atoms with Crippen LogP contribution in [-0.2, 0) is 11.2 Å². The lowest BCUT2D eigenvalue weighted by Crippen LogP contribution is -2.28. The van der Waals surface area contributed by atoms with Crippen LogP contribution in [0, 0.1) is 5.82 Å². The van der Waals surface area contributed by atoms with E-state index in [0.717, 1.165) is 11.1 Å². The molecule has 0 saturated carbocycles. The molecule has 2 rings (SSSR count). The van der Waals surface area contributed by atoms with Gasteiger partial charge >= 0.3 is 0 Å². The van der Waals surface area contributed by atoms with Gasteiger partial charge in [0.15, 0.2) is 0 Å². The van der Waals surface area contributed by atoms with Crippen LogP contribution in [-0.4, -0.2) is 5.91 Å². The molecule has 0 spiro atoms. The fourth-order valence-electron chi connectivity index (χ4n) is 1.96. The fraction of sp³-hybridized carbons (Fsp3) is 0.188. The minimum atomic E-state index is -0.298. The highest BCUT2D eigenvalue weighted by atomic mass is 35.5. The second-order valence-corrected chi connectivity index (χ2v) is 5.58. The molecule has 0 heterocycles. The Labute approximate surface area is 132 Å². The summed E-state index contributed by atoms with van der Waals surface area (Å²) in [6, 6.07) is 11.0. The second-order valence-electron chi connectivity index (χ2n) is 4.77. The van der Waals surface area contributed by atoms with Crippen LogP contribution in [0.1, 0.15) is 24.1 Å². The molecular weight excluding hydrogens is 312 g/mol. The maximum Gasteiger partial charge on any atom is 0.224 e. The lowest BCUT2D eigenvalue weighted by Gasteiger charge is -2.14. The van der Waals surface area contributed by atoms with Crippen molar-refractivity contribution in [3.05, 3.63) is 69.5 Å². The van der Waals surface area contributed by atoms with Gasteiger partial charge in [0.2, 0.25) is 5.91 Å². The normalized spacial score (nSPS) is 12.0. The average Bonchev–Trinajstić information content (AvgIpc) is 2.43. The minimum absolute atomic E-state index is 0.134. The van der Waals surface area contributed by atoms with Crippen LogP contribution in [0.3, 0.4) is 0 Å². The van der Waals surface area contributed by atoms with Gasteiger partial charge in [0, 0.05) is 0 Å². The number of carbonyl (C=O) groups is 1. The van der Waals surface area contributed by atoms with Crippen LogP contribution in [0.5, 0.6) is 0 Å². The Balaban J connectivity index is 1.97. The van der Waals surface area contributed by atoms with E-state index in [1.54, 1.807) is 30.3 Å². The lowest BCUT2D eigenvalue weighted by atomic mass is 10.1. The third-order valence-corrected chi connectivity index (χ3v) is 3.84. The number of carbonyl (C=O) groups excluding carboxylic acids is 1. The topological polar surface area (TPSA) is 29.1 Å². The van der Waals surface area contributed by atoms with Gasteiger partial charge in [0.25, 0.3) is 0 Å². The second kappa shape index (κ2) is 6.92. The predicted octanol–water partition coefficient (Wildman–Crippen LogP) is 4.55. The first-order valence-corrected chi connectivity index (χ1v) is 7.20. The third kappa shape index (κ3) is 4.45. The Hall–Kier alpha value is -1.58. The molecular formula is C16H14Cl2FNO. The summed E-state index contributed by atoms with van der Waals surface area (Å²) in [5.74, 6) is -0.432. The van der Waals surface area contributed by atoms with Crippen molar-refractivity contribution in [3.8, 4) is 0 Å². The highest BCUT2D eigenvalue weighted by Gasteiger charge is 2.11. The Kier molecular flexibility index (Phi) is 5.21. The number of amides is 1. The summed E-state index contributed by atoms with van der Waals surface area (Å²) in [5.41, 5.74) is 1.63. The standard InChI is InChI=1S/C16H14Cl2FNO/c1-10(12-3-5-13(19)6-4-12)20-16(21)9-11-2-7-14(17)15(18)8-11/h2-8,10H,9H2,1H3,(H,20,21)/t10-/m0/s1. The first-order chi connectivity index (χ1) is 9.95. The third-order valence-electron chi connectivity index (χ3n) is 3.10. The lowest BCUT2D eigenvalue weighted by molar-refractivity contribution is -0.121. The van der Waals surface area contributed by atoms with Crippen LogP contribution in [0.25, 0.3) is 0 Å². The van der Waals surface area contributed by atoms with E-state index in [1.165, 1.54) is 12.1 Å². The molecule has 2 nitrogen and oxygen atoms in total. The first kappa shape index (κ1) is 15.8. The molecule has 0 bridgehead atoms. The highest BCUT2D eigenvalue weighted by molar-refractivity contribution is 6.42. The van der Waals surface area contributed by atoms with Crippen molar-refractivity contribution in [3.63, 3.8) is 0 Å². The van der Waals surface area contributed by atoms with Gasteiger partial charge in [-0.25, -0.2) is 4.39 Å². The van der Waals surface area contributed by atoms with E-state index in [9.17, 15) is 9.18 Å². The van der Waals surface area contributed by atoms with Crippen molar-refractivity contribution in [2.75, 3.05) is 0 Å². The molecule has 1 atom stereocenters. The zero-order valence-corrected chi connectivity index (χ0v) is 12.9. The molecule has 0 saturated heterocycles. The Morgan fingerprint density at radius 2 is 1.81 bits per heavy atom. The smallest absolute Gasteiger partial charge is 0.224 e. The van der Waals surface area contributed by atoms with Crippen LogP contribution in [0.2, 0.25) is 10.0 Å². The van der Waals surface area contributed by atoms with Crippen LogP contribution in [0.15, 0.2) is 42.5 Å². The maximum absolute atomic E-state index is 12.9. The predicted molar refractivity (Wildman–Crippen MR) is 83.1 cm³/mol. The molecule has 2 aromatic rings. The van der Waals surface area contributed by atoms with Crippen LogP contribution < -0.4 is 5.32 Å². The van der Waals surface area contributed by atoms with E-state index >= 15 is 0 Å². The number of rotatable bonds is 4. The number of hydrogen-bond donors (Lipinski definition) is 1. The summed E-state index contributed by atoms with van der Waals surface area (Å²) >= 11 is 11.7. The van der Waals surface area contributed by atoms with E-state index in [1.807, 2.05) is 6.92 Å². The van der Waals surface area contributed by atoms with Gasteiger partial charge in [-0.3, -0.25) is 4.79 Å². The van der Waals surface area contributed by atoms with Crippen molar-refractivity contribution in [1.29, 1.82) is 0 Å². The summed E-state index contributed by atoms with van der Waals surface area (Å²) in [6.45, 7) is 1.85. The Morgan fingerprint density at radius 1 is 1.14 bits per heavy atom. The molecule has 1 N–H and O–H groups in total. The van der Waals surface area contributed by atoms with E-state index in [-0.39, 0.29) is 24.2 Å². The van der Waals surface area contributed by atoms with Crippen molar-refractivity contribution in [2.45, 2.75) is 19.4 Å². The van der Waals surface area contributed by atoms with Crippen molar-refractivity contribution in [2.24, 2.45) is 0 Å². The summed E-state index contributed by atoms with van der Waals surface area (Å²) in [5, 5.41) is 3.74. The Bertz CT molecular complexity index is 643. The van der Waals surface area contributed by atoms with Crippen LogP contribution in [0.4, 0.5) is 4.39 Å². The van der Waals surface area contributed by atoms with E-state index in [2.05, 4.69) is 5.32 Å². The molecule has 0 aromatic heterocycles. The zero-order chi connectivity index (χ0) is 15.4. The SMILES string of the molecule is C[C@H](NC(=O)Cc1ccc(Cl)c(Cl)c1)c1ccc(F)cc1. The number of nitrogens with one attached hydrogen (secondary N) is 1. The molecule has 0 unspecified atom stereocenters. The molecule has 0 aliphatic carbocycles. The monoisotopic (exact) mass is 325 g/mol. The molecule has 2 aromatic carbocycles. The summed E-state index contributed by atoms with van der Waals surface area (Å²) in [6.07, 6.45) is 0.211. The minimum Gasteiger partial charge on any atom is -0.349 e. The fourth-order valence-corrected chi connectivity index (χ4v) is 2.28. The summed E-state index contributed by atoms with van der Waals surface area (Å²) < 4.78 is 12.9. The molecule has 0 aliphatic rings. The first-order valence-electron chi connectivity index (χ1n) is 6.44.